The zero-order valence-electron chi connectivity index (χ0n) is 17.4. The maximum absolute atomic E-state index is 13.2. The van der Waals surface area contributed by atoms with E-state index < -0.39 is 35.9 Å². The number of benzene rings is 2. The number of aromatic nitrogens is 1. The number of aliphatic hydroxyl groups is 1. The van der Waals surface area contributed by atoms with Crippen molar-refractivity contribution in [2.45, 2.75) is 31.7 Å². The van der Waals surface area contributed by atoms with Crippen LogP contribution in [0.4, 0.5) is 0 Å². The number of nitrogens with zero attached hydrogens (tertiary/aromatic N) is 2. The van der Waals surface area contributed by atoms with Crippen LogP contribution in [0.1, 0.15) is 51.0 Å². The third-order valence-electron chi connectivity index (χ3n) is 6.02. The maximum Gasteiger partial charge on any atom is 0.270 e. The quantitative estimate of drug-likeness (QED) is 0.522. The van der Waals surface area contributed by atoms with Crippen molar-refractivity contribution in [1.82, 2.24) is 20.5 Å². The number of imide groups is 1. The fraction of sp³-hybridized carbons (Fsp3) is 0.208. The Bertz CT molecular complexity index is 1320. The highest BCUT2D eigenvalue weighted by molar-refractivity contribution is 6.06. The monoisotopic (exact) mass is 444 g/mol. The molecule has 9 heteroatoms. The number of fused-ring (bicyclic) bond motifs is 2. The number of carbonyl (C=O) groups is 4. The van der Waals surface area contributed by atoms with E-state index in [-0.39, 0.29) is 30.6 Å². The molecule has 0 spiro atoms. The molecule has 2 unspecified atom stereocenters. The molecule has 2 aromatic carbocycles. The molecule has 4 amide bonds. The van der Waals surface area contributed by atoms with E-state index in [9.17, 15) is 24.3 Å². The summed E-state index contributed by atoms with van der Waals surface area (Å²) in [7, 11) is 0. The summed E-state index contributed by atoms with van der Waals surface area (Å²) < 4.78 is 0. The second-order valence-corrected chi connectivity index (χ2v) is 8.03. The van der Waals surface area contributed by atoms with E-state index in [2.05, 4.69) is 15.6 Å². The third kappa shape index (κ3) is 3.62. The van der Waals surface area contributed by atoms with Gasteiger partial charge in [0, 0.05) is 30.1 Å². The average molecular weight is 444 g/mol. The number of hydrogen-bond acceptors (Lipinski definition) is 6. The molecule has 166 valence electrons. The van der Waals surface area contributed by atoms with Crippen LogP contribution < -0.4 is 10.6 Å². The minimum Gasteiger partial charge on any atom is -0.369 e. The predicted octanol–water partition coefficient (Wildman–Crippen LogP) is 1.42. The summed E-state index contributed by atoms with van der Waals surface area (Å²) in [5.74, 6) is -1.92. The summed E-state index contributed by atoms with van der Waals surface area (Å²) in [4.78, 5) is 54.9. The van der Waals surface area contributed by atoms with Gasteiger partial charge in [-0.2, -0.15) is 0 Å². The highest BCUT2D eigenvalue weighted by Crippen LogP contribution is 2.36. The van der Waals surface area contributed by atoms with Gasteiger partial charge in [-0.25, -0.2) is 0 Å². The lowest BCUT2D eigenvalue weighted by Gasteiger charge is -2.31. The zero-order valence-corrected chi connectivity index (χ0v) is 17.4. The lowest BCUT2D eigenvalue weighted by molar-refractivity contribution is -0.139. The molecule has 3 heterocycles. The van der Waals surface area contributed by atoms with Crippen molar-refractivity contribution in [3.8, 4) is 0 Å². The van der Waals surface area contributed by atoms with Crippen molar-refractivity contribution in [2.24, 2.45) is 0 Å². The summed E-state index contributed by atoms with van der Waals surface area (Å²) in [6, 6.07) is 13.3. The van der Waals surface area contributed by atoms with Gasteiger partial charge in [-0.3, -0.25) is 34.4 Å². The number of amides is 4. The molecule has 1 saturated heterocycles. The molecule has 1 fully saturated rings. The lowest BCUT2D eigenvalue weighted by atomic mass is 10.0. The molecule has 9 nitrogen and oxygen atoms in total. The van der Waals surface area contributed by atoms with Crippen molar-refractivity contribution < 1.29 is 24.3 Å². The van der Waals surface area contributed by atoms with Crippen molar-refractivity contribution in [3.05, 3.63) is 77.1 Å². The largest absolute Gasteiger partial charge is 0.369 e. The minimum atomic E-state index is -1.31. The molecule has 0 saturated carbocycles. The van der Waals surface area contributed by atoms with E-state index in [1.54, 1.807) is 30.5 Å². The van der Waals surface area contributed by atoms with Crippen LogP contribution in [0.5, 0.6) is 0 Å². The number of piperidine rings is 1. The Hall–Kier alpha value is -4.11. The van der Waals surface area contributed by atoms with Crippen LogP contribution in [0.2, 0.25) is 0 Å². The van der Waals surface area contributed by atoms with Gasteiger partial charge in [-0.1, -0.05) is 42.5 Å². The normalized spacial score (nSPS) is 20.0. The van der Waals surface area contributed by atoms with E-state index in [1.165, 1.54) is 0 Å². The molecule has 2 aliphatic rings. The first-order valence-electron chi connectivity index (χ1n) is 10.5. The molecule has 0 radical (unpaired) electrons. The van der Waals surface area contributed by atoms with Crippen molar-refractivity contribution in [2.75, 3.05) is 0 Å². The van der Waals surface area contributed by atoms with Crippen LogP contribution in [0.15, 0.2) is 54.7 Å². The first-order valence-corrected chi connectivity index (χ1v) is 10.5. The first kappa shape index (κ1) is 20.8. The average Bonchev–Trinajstić information content (AvgIpc) is 3.08. The lowest BCUT2D eigenvalue weighted by Crippen LogP contribution is -2.53. The standard InChI is InChI=1S/C24H20N4O5/c29-19-9-8-18(22(31)27-19)28-23(32)16-7-3-6-15(20(16)24(28)33)12-26-21(30)17-10-13-4-1-2-5-14(13)11-25-17/h1-7,10-11,18,23,32H,8-9,12H2,(H,26,30)(H,27,29,31). The summed E-state index contributed by atoms with van der Waals surface area (Å²) in [5, 5.41) is 17.6. The van der Waals surface area contributed by atoms with Gasteiger partial charge in [-0.15, -0.1) is 0 Å². The van der Waals surface area contributed by atoms with Crippen LogP contribution in [0.25, 0.3) is 10.8 Å². The molecular formula is C24H20N4O5. The van der Waals surface area contributed by atoms with E-state index >= 15 is 0 Å². The Labute approximate surface area is 188 Å². The number of nitrogens with one attached hydrogen (secondary N) is 2. The smallest absolute Gasteiger partial charge is 0.270 e. The Morgan fingerprint density at radius 2 is 1.91 bits per heavy atom. The van der Waals surface area contributed by atoms with E-state index in [1.807, 2.05) is 24.3 Å². The number of aliphatic hydroxyl groups excluding tert-OH is 1. The molecule has 33 heavy (non-hydrogen) atoms. The fourth-order valence-electron chi connectivity index (χ4n) is 4.37. The number of rotatable bonds is 4. The van der Waals surface area contributed by atoms with Gasteiger partial charge >= 0.3 is 0 Å². The van der Waals surface area contributed by atoms with Crippen LogP contribution in [0.3, 0.4) is 0 Å². The fourth-order valence-corrected chi connectivity index (χ4v) is 4.37. The highest BCUT2D eigenvalue weighted by Gasteiger charge is 2.45. The summed E-state index contributed by atoms with van der Waals surface area (Å²) >= 11 is 0. The molecular weight excluding hydrogens is 424 g/mol. The van der Waals surface area contributed by atoms with Crippen molar-refractivity contribution in [1.29, 1.82) is 0 Å². The minimum absolute atomic E-state index is 0.0398. The zero-order chi connectivity index (χ0) is 23.1. The number of carbonyl (C=O) groups excluding carboxylic acids is 4. The van der Waals surface area contributed by atoms with Crippen molar-refractivity contribution in [3.63, 3.8) is 0 Å². The number of hydrogen-bond donors (Lipinski definition) is 3. The Kier molecular flexibility index (Phi) is 5.10. The topological polar surface area (TPSA) is 129 Å². The Morgan fingerprint density at radius 1 is 1.12 bits per heavy atom. The second-order valence-electron chi connectivity index (χ2n) is 8.03. The molecule has 2 aliphatic heterocycles. The molecule has 2 atom stereocenters. The van der Waals surface area contributed by atoms with Crippen LogP contribution in [-0.2, 0) is 16.1 Å². The van der Waals surface area contributed by atoms with Crippen molar-refractivity contribution >= 4 is 34.4 Å². The van der Waals surface area contributed by atoms with E-state index in [0.717, 1.165) is 15.7 Å². The summed E-state index contributed by atoms with van der Waals surface area (Å²) in [6.45, 7) is 0.0398. The van der Waals surface area contributed by atoms with Gasteiger partial charge in [0.25, 0.3) is 11.8 Å². The summed E-state index contributed by atoms with van der Waals surface area (Å²) in [5.41, 5.74) is 1.38. The van der Waals surface area contributed by atoms with E-state index in [4.69, 9.17) is 0 Å². The van der Waals surface area contributed by atoms with Crippen LogP contribution in [-0.4, -0.2) is 44.7 Å². The van der Waals surface area contributed by atoms with Crippen LogP contribution in [0, 0.1) is 0 Å². The second kappa shape index (κ2) is 8.10. The Balaban J connectivity index is 1.36. The molecule has 1 aromatic heterocycles. The molecule has 0 aliphatic carbocycles. The predicted molar refractivity (Wildman–Crippen MR) is 117 cm³/mol. The molecule has 0 bridgehead atoms. The van der Waals surface area contributed by atoms with Gasteiger partial charge < -0.3 is 10.4 Å². The first-order chi connectivity index (χ1) is 15.9. The molecule has 3 N–H and O–H groups in total. The maximum atomic E-state index is 13.2. The van der Waals surface area contributed by atoms with Gasteiger partial charge in [0.2, 0.25) is 11.8 Å². The van der Waals surface area contributed by atoms with Gasteiger partial charge in [0.1, 0.15) is 11.7 Å². The van der Waals surface area contributed by atoms with Gasteiger partial charge in [-0.05, 0) is 23.4 Å². The Morgan fingerprint density at radius 3 is 2.70 bits per heavy atom. The van der Waals surface area contributed by atoms with Crippen LogP contribution >= 0.6 is 0 Å². The number of pyridine rings is 1. The van der Waals surface area contributed by atoms with Gasteiger partial charge in [0.15, 0.2) is 6.23 Å². The van der Waals surface area contributed by atoms with Gasteiger partial charge in [0.05, 0.1) is 5.56 Å². The summed E-state index contributed by atoms with van der Waals surface area (Å²) in [6.07, 6.45) is 0.545. The van der Waals surface area contributed by atoms with E-state index in [0.29, 0.717) is 11.1 Å². The molecule has 5 rings (SSSR count). The third-order valence-corrected chi connectivity index (χ3v) is 6.02. The molecule has 3 aromatic rings. The highest BCUT2D eigenvalue weighted by atomic mass is 16.3. The SMILES string of the molecule is O=C1CCC(N2C(=O)c3c(CNC(=O)c4cc5ccccc5cn4)cccc3C2O)C(=O)N1.